The zero-order valence-corrected chi connectivity index (χ0v) is 13.0. The molecule has 0 aliphatic heterocycles. The lowest BCUT2D eigenvalue weighted by Crippen LogP contribution is -2.27. The molecule has 0 bridgehead atoms. The van der Waals surface area contributed by atoms with Crippen LogP contribution in [0.25, 0.3) is 0 Å². The topological polar surface area (TPSA) is 116 Å². The van der Waals surface area contributed by atoms with Crippen molar-refractivity contribution in [2.75, 3.05) is 20.3 Å². The Kier molecular flexibility index (Phi) is 5.90. The summed E-state index contributed by atoms with van der Waals surface area (Å²) in [5, 5.41) is 12.6. The van der Waals surface area contributed by atoms with E-state index in [1.807, 2.05) is 0 Å². The third-order valence-electron chi connectivity index (χ3n) is 2.33. The number of hydrogen-bond donors (Lipinski definition) is 1. The number of hydrogen-bond acceptors (Lipinski definition) is 6. The van der Waals surface area contributed by atoms with Gasteiger partial charge in [-0.25, -0.2) is 8.42 Å². The molecule has 8 nitrogen and oxygen atoms in total. The second kappa shape index (κ2) is 7.03. The third-order valence-corrected chi connectivity index (χ3v) is 4.19. The van der Waals surface area contributed by atoms with Gasteiger partial charge in [-0.2, -0.15) is 0 Å². The minimum atomic E-state index is -4.34. The van der Waals surface area contributed by atoms with Crippen molar-refractivity contribution in [3.63, 3.8) is 0 Å². The molecule has 0 fully saturated rings. The zero-order valence-electron chi connectivity index (χ0n) is 10.6. The van der Waals surface area contributed by atoms with Crippen molar-refractivity contribution in [3.05, 3.63) is 32.8 Å². The van der Waals surface area contributed by atoms with Crippen LogP contribution in [-0.4, -0.2) is 39.5 Å². The van der Waals surface area contributed by atoms with Gasteiger partial charge in [0.25, 0.3) is 20.6 Å². The fourth-order valence-electron chi connectivity index (χ4n) is 1.39. The quantitative estimate of drug-likeness (QED) is 0.357. The van der Waals surface area contributed by atoms with E-state index in [0.29, 0.717) is 0 Å². The molecule has 0 unspecified atom stereocenters. The van der Waals surface area contributed by atoms with Gasteiger partial charge >= 0.3 is 0 Å². The van der Waals surface area contributed by atoms with Crippen LogP contribution in [0.1, 0.15) is 10.4 Å². The van der Waals surface area contributed by atoms with E-state index >= 15 is 0 Å². The Balaban J connectivity index is 3.31. The smallest absolute Gasteiger partial charge is 0.290 e. The third kappa shape index (κ3) is 4.53. The highest BCUT2D eigenvalue weighted by atomic mass is 35.7. The predicted molar refractivity (Wildman–Crippen MR) is 75.4 cm³/mol. The van der Waals surface area contributed by atoms with Gasteiger partial charge in [0.05, 0.1) is 11.5 Å². The largest absolute Gasteiger partial charge is 0.383 e. The lowest BCUT2D eigenvalue weighted by Gasteiger charge is -2.07. The summed E-state index contributed by atoms with van der Waals surface area (Å²) < 4.78 is 27.5. The molecule has 0 aliphatic rings. The number of nitro benzene ring substituents is 1. The van der Waals surface area contributed by atoms with E-state index in [4.69, 9.17) is 27.0 Å². The van der Waals surface area contributed by atoms with Crippen molar-refractivity contribution < 1.29 is 22.9 Å². The van der Waals surface area contributed by atoms with Crippen LogP contribution < -0.4 is 5.32 Å². The molecule has 11 heteroatoms. The normalized spacial score (nSPS) is 11.2. The number of halogens is 2. The summed E-state index contributed by atoms with van der Waals surface area (Å²) in [4.78, 5) is 21.1. The molecule has 0 heterocycles. The molecule has 1 amide bonds. The average molecular weight is 357 g/mol. The first-order valence-corrected chi connectivity index (χ1v) is 8.07. The number of nitro groups is 1. The van der Waals surface area contributed by atoms with Gasteiger partial charge in [-0.15, -0.1) is 0 Å². The Hall–Kier alpha value is -1.42. The first-order chi connectivity index (χ1) is 9.68. The van der Waals surface area contributed by atoms with E-state index in [1.165, 1.54) is 7.11 Å². The standard InChI is InChI=1S/C10H10Cl2N2O6S/c1-20-3-2-13-10(15)6-4-7(14(16)17)9(11)8(5-6)21(12,18)19/h4-5H,2-3H2,1H3,(H,13,15). The molecular formula is C10H10Cl2N2O6S. The number of ether oxygens (including phenoxy) is 1. The van der Waals surface area contributed by atoms with Crippen molar-refractivity contribution in [2.45, 2.75) is 4.90 Å². The van der Waals surface area contributed by atoms with Gasteiger partial charge in [0.2, 0.25) is 0 Å². The van der Waals surface area contributed by atoms with Crippen molar-refractivity contribution in [2.24, 2.45) is 0 Å². The van der Waals surface area contributed by atoms with E-state index in [0.717, 1.165) is 12.1 Å². The van der Waals surface area contributed by atoms with Gasteiger partial charge in [-0.3, -0.25) is 14.9 Å². The highest BCUT2D eigenvalue weighted by molar-refractivity contribution is 8.13. The second-order valence-electron chi connectivity index (χ2n) is 3.75. The predicted octanol–water partition coefficient (Wildman–Crippen LogP) is 1.55. The van der Waals surface area contributed by atoms with E-state index in [9.17, 15) is 23.3 Å². The number of rotatable bonds is 6. The molecule has 1 aromatic rings. The summed E-state index contributed by atoms with van der Waals surface area (Å²) in [6, 6.07) is 1.75. The van der Waals surface area contributed by atoms with E-state index in [-0.39, 0.29) is 18.7 Å². The molecule has 116 valence electrons. The number of amides is 1. The van der Waals surface area contributed by atoms with Gasteiger partial charge in [0, 0.05) is 36.0 Å². The molecule has 1 aromatic carbocycles. The number of nitrogens with one attached hydrogen (secondary N) is 1. The summed E-state index contributed by atoms with van der Waals surface area (Å²) in [7, 11) is 2.25. The van der Waals surface area contributed by atoms with Gasteiger partial charge in [0.15, 0.2) is 0 Å². The first-order valence-electron chi connectivity index (χ1n) is 5.38. The van der Waals surface area contributed by atoms with Gasteiger partial charge in [-0.1, -0.05) is 11.6 Å². The maximum Gasteiger partial charge on any atom is 0.290 e. The molecule has 0 saturated heterocycles. The molecule has 0 radical (unpaired) electrons. The lowest BCUT2D eigenvalue weighted by molar-refractivity contribution is -0.384. The maximum absolute atomic E-state index is 11.8. The van der Waals surface area contributed by atoms with Crippen LogP contribution >= 0.6 is 22.3 Å². The number of nitrogens with zero attached hydrogens (tertiary/aromatic N) is 1. The SMILES string of the molecule is COCCNC(=O)c1cc([N+](=O)[O-])c(Cl)c(S(=O)(=O)Cl)c1. The summed E-state index contributed by atoms with van der Waals surface area (Å²) in [6.45, 7) is 0.372. The van der Waals surface area contributed by atoms with Crippen molar-refractivity contribution in [1.29, 1.82) is 0 Å². The molecule has 21 heavy (non-hydrogen) atoms. The van der Waals surface area contributed by atoms with Gasteiger partial charge in [-0.05, 0) is 6.07 Å². The fraction of sp³-hybridized carbons (Fsp3) is 0.300. The van der Waals surface area contributed by atoms with Gasteiger partial charge < -0.3 is 10.1 Å². The van der Waals surface area contributed by atoms with Crippen LogP contribution in [0.15, 0.2) is 17.0 Å². The molecule has 1 N–H and O–H groups in total. The highest BCUT2D eigenvalue weighted by Crippen LogP contribution is 2.34. The van der Waals surface area contributed by atoms with E-state index in [2.05, 4.69) is 5.32 Å². The summed E-state index contributed by atoms with van der Waals surface area (Å²) in [5.41, 5.74) is -0.975. The Morgan fingerprint density at radius 2 is 2.10 bits per heavy atom. The molecule has 0 saturated carbocycles. The zero-order chi connectivity index (χ0) is 16.2. The average Bonchev–Trinajstić information content (AvgIpc) is 2.37. The molecular weight excluding hydrogens is 347 g/mol. The molecule has 1 rings (SSSR count). The summed E-state index contributed by atoms with van der Waals surface area (Å²) in [5.74, 6) is -0.714. The van der Waals surface area contributed by atoms with E-state index < -0.39 is 35.5 Å². The minimum Gasteiger partial charge on any atom is -0.383 e. The van der Waals surface area contributed by atoms with Crippen LogP contribution in [0.3, 0.4) is 0 Å². The summed E-state index contributed by atoms with van der Waals surface area (Å²) in [6.07, 6.45) is 0. The van der Waals surface area contributed by atoms with Crippen LogP contribution in [0.5, 0.6) is 0 Å². The lowest BCUT2D eigenvalue weighted by atomic mass is 10.2. The van der Waals surface area contributed by atoms with Gasteiger partial charge in [0.1, 0.15) is 9.92 Å². The monoisotopic (exact) mass is 356 g/mol. The Labute approximate surface area is 129 Å². The van der Waals surface area contributed by atoms with Crippen LogP contribution in [0.2, 0.25) is 5.02 Å². The summed E-state index contributed by atoms with van der Waals surface area (Å²) >= 11 is 5.63. The Morgan fingerprint density at radius 3 is 2.57 bits per heavy atom. The fourth-order valence-corrected chi connectivity index (χ4v) is 2.95. The van der Waals surface area contributed by atoms with Crippen LogP contribution in [-0.2, 0) is 13.8 Å². The number of benzene rings is 1. The minimum absolute atomic E-state index is 0.148. The Morgan fingerprint density at radius 1 is 1.48 bits per heavy atom. The molecule has 0 aromatic heterocycles. The maximum atomic E-state index is 11.8. The molecule has 0 spiro atoms. The molecule has 0 atom stereocenters. The van der Waals surface area contributed by atoms with Crippen LogP contribution in [0, 0.1) is 10.1 Å². The molecule has 0 aliphatic carbocycles. The van der Waals surface area contributed by atoms with Crippen molar-refractivity contribution in [3.8, 4) is 0 Å². The first kappa shape index (κ1) is 17.6. The number of carbonyl (C=O) groups excluding carboxylic acids is 1. The van der Waals surface area contributed by atoms with Crippen LogP contribution in [0.4, 0.5) is 5.69 Å². The van der Waals surface area contributed by atoms with Crippen molar-refractivity contribution in [1.82, 2.24) is 5.32 Å². The van der Waals surface area contributed by atoms with Crippen molar-refractivity contribution >= 4 is 42.9 Å². The highest BCUT2D eigenvalue weighted by Gasteiger charge is 2.26. The number of methoxy groups -OCH3 is 1. The second-order valence-corrected chi connectivity index (χ2v) is 6.66. The number of carbonyl (C=O) groups is 1. The Bertz CT molecular complexity index is 676. The van der Waals surface area contributed by atoms with E-state index in [1.54, 1.807) is 0 Å².